The highest BCUT2D eigenvalue weighted by molar-refractivity contribution is 5.74. The van der Waals surface area contributed by atoms with E-state index in [-0.39, 0.29) is 5.92 Å². The number of fused-ring (bicyclic) bond motifs is 1. The molecule has 2 heterocycles. The van der Waals surface area contributed by atoms with Gasteiger partial charge in [-0.3, -0.25) is 14.3 Å². The quantitative estimate of drug-likeness (QED) is 0.433. The minimum Gasteiger partial charge on any atom is -0.356 e. The summed E-state index contributed by atoms with van der Waals surface area (Å²) < 4.78 is 3.10. The number of imidazole rings is 1. The van der Waals surface area contributed by atoms with Gasteiger partial charge in [-0.2, -0.15) is 4.98 Å². The highest BCUT2D eigenvalue weighted by Crippen LogP contribution is 2.28. The largest absolute Gasteiger partial charge is 0.356 e. The van der Waals surface area contributed by atoms with Crippen molar-refractivity contribution < 1.29 is 0 Å². The number of hydrogen-bond donors (Lipinski definition) is 2. The minimum atomic E-state index is -0.486. The summed E-state index contributed by atoms with van der Waals surface area (Å²) in [7, 11) is 1.59. The molecule has 2 N–H and O–H groups in total. The van der Waals surface area contributed by atoms with Crippen LogP contribution in [0.4, 0.5) is 5.95 Å². The van der Waals surface area contributed by atoms with E-state index in [0.29, 0.717) is 30.2 Å². The van der Waals surface area contributed by atoms with Crippen LogP contribution in [0.5, 0.6) is 0 Å². The third kappa shape index (κ3) is 4.07. The summed E-state index contributed by atoms with van der Waals surface area (Å²) in [6.07, 6.45) is 2.54. The number of aryl methyl sites for hydroxylation is 1. The maximum atomic E-state index is 12.4. The molecular weight excluding hydrogens is 390 g/mol. The van der Waals surface area contributed by atoms with Crippen LogP contribution in [0.15, 0.2) is 82.9 Å². The maximum Gasteiger partial charge on any atom is 0.329 e. The highest BCUT2D eigenvalue weighted by Gasteiger charge is 2.18. The first kappa shape index (κ1) is 20.4. The molecule has 0 saturated carbocycles. The number of aromatic nitrogens is 4. The van der Waals surface area contributed by atoms with Crippen LogP contribution >= 0.6 is 0 Å². The maximum absolute atomic E-state index is 12.4. The molecule has 0 saturated heterocycles. The molecule has 0 atom stereocenters. The number of aromatic amines is 1. The number of allylic oxidation sites excluding steroid dienone is 1. The molecule has 0 spiro atoms. The second kappa shape index (κ2) is 8.87. The van der Waals surface area contributed by atoms with Gasteiger partial charge in [0.2, 0.25) is 5.95 Å². The molecule has 4 aromatic rings. The van der Waals surface area contributed by atoms with Gasteiger partial charge in [-0.15, -0.1) is 6.58 Å². The number of anilines is 1. The number of nitrogens with one attached hydrogen (secondary N) is 2. The van der Waals surface area contributed by atoms with E-state index in [0.717, 1.165) is 6.42 Å². The normalized spacial score (nSPS) is 11.2. The van der Waals surface area contributed by atoms with Gasteiger partial charge in [-0.25, -0.2) is 4.79 Å². The van der Waals surface area contributed by atoms with Gasteiger partial charge >= 0.3 is 5.69 Å². The van der Waals surface area contributed by atoms with E-state index in [1.54, 1.807) is 17.7 Å². The summed E-state index contributed by atoms with van der Waals surface area (Å²) in [5, 5.41) is 3.37. The predicted molar refractivity (Wildman–Crippen MR) is 124 cm³/mol. The second-order valence-electron chi connectivity index (χ2n) is 7.41. The van der Waals surface area contributed by atoms with Crippen molar-refractivity contribution >= 4 is 17.1 Å². The van der Waals surface area contributed by atoms with Crippen molar-refractivity contribution in [3.8, 4) is 0 Å². The Hall–Kier alpha value is -3.87. The Morgan fingerprint density at radius 2 is 1.68 bits per heavy atom. The molecule has 2 aromatic heterocycles. The summed E-state index contributed by atoms with van der Waals surface area (Å²) in [5.41, 5.74) is 2.25. The summed E-state index contributed by atoms with van der Waals surface area (Å²) in [6.45, 7) is 4.83. The number of rotatable bonds is 8. The topological polar surface area (TPSA) is 84.7 Å². The Morgan fingerprint density at radius 1 is 1.06 bits per heavy atom. The molecule has 0 fully saturated rings. The first-order chi connectivity index (χ1) is 15.1. The molecule has 0 radical (unpaired) electrons. The molecule has 158 valence electrons. The van der Waals surface area contributed by atoms with Gasteiger partial charge in [0, 0.05) is 26.1 Å². The van der Waals surface area contributed by atoms with E-state index in [4.69, 9.17) is 0 Å². The van der Waals surface area contributed by atoms with Crippen LogP contribution in [0.3, 0.4) is 0 Å². The van der Waals surface area contributed by atoms with Crippen LogP contribution in [0.25, 0.3) is 11.2 Å². The first-order valence-electron chi connectivity index (χ1n) is 10.2. The SMILES string of the molecule is C=CCn1c(NCCC(c2ccccc2)c2ccccc2)nc2c1c(=O)[nH]c(=O)n2C. The number of hydrogen-bond acceptors (Lipinski definition) is 4. The molecule has 0 aliphatic carbocycles. The fourth-order valence-corrected chi connectivity index (χ4v) is 3.90. The Balaban J connectivity index is 1.64. The molecule has 0 aliphatic rings. The molecular formula is C24H25N5O2. The third-order valence-electron chi connectivity index (χ3n) is 5.44. The van der Waals surface area contributed by atoms with Gasteiger partial charge in [0.1, 0.15) is 0 Å². The molecule has 0 unspecified atom stereocenters. The van der Waals surface area contributed by atoms with Gasteiger partial charge in [0.25, 0.3) is 5.56 Å². The van der Waals surface area contributed by atoms with Gasteiger partial charge in [0.05, 0.1) is 0 Å². The average molecular weight is 415 g/mol. The Bertz CT molecular complexity index is 1260. The van der Waals surface area contributed by atoms with Crippen LogP contribution in [0, 0.1) is 0 Å². The lowest BCUT2D eigenvalue weighted by atomic mass is 9.88. The summed E-state index contributed by atoms with van der Waals surface area (Å²) in [4.78, 5) is 31.3. The second-order valence-corrected chi connectivity index (χ2v) is 7.41. The van der Waals surface area contributed by atoms with E-state index in [1.807, 2.05) is 12.1 Å². The minimum absolute atomic E-state index is 0.222. The van der Waals surface area contributed by atoms with Crippen molar-refractivity contribution in [3.05, 3.63) is 105 Å². The zero-order valence-corrected chi connectivity index (χ0v) is 17.4. The lowest BCUT2D eigenvalue weighted by Gasteiger charge is -2.19. The standard InChI is InChI=1S/C24H25N5O2/c1-3-16-29-20-21(28(2)24(31)27-22(20)30)26-23(29)25-15-14-19(17-10-6-4-7-11-17)18-12-8-5-9-13-18/h3-13,19H,1,14-16H2,2H3,(H,25,26)(H,27,30,31). The molecule has 7 heteroatoms. The van der Waals surface area contributed by atoms with Crippen LogP contribution in [0.2, 0.25) is 0 Å². The fraction of sp³-hybridized carbons (Fsp3) is 0.208. The summed E-state index contributed by atoms with van der Waals surface area (Å²) >= 11 is 0. The van der Waals surface area contributed by atoms with Crippen molar-refractivity contribution in [3.63, 3.8) is 0 Å². The van der Waals surface area contributed by atoms with Crippen molar-refractivity contribution in [2.24, 2.45) is 7.05 Å². The summed E-state index contributed by atoms with van der Waals surface area (Å²) in [6, 6.07) is 20.8. The van der Waals surface area contributed by atoms with Crippen LogP contribution in [-0.2, 0) is 13.6 Å². The molecule has 0 amide bonds. The Labute approximate surface area is 179 Å². The van der Waals surface area contributed by atoms with Crippen LogP contribution in [-0.4, -0.2) is 25.6 Å². The number of benzene rings is 2. The van der Waals surface area contributed by atoms with E-state index < -0.39 is 11.2 Å². The zero-order valence-electron chi connectivity index (χ0n) is 17.4. The van der Waals surface area contributed by atoms with Gasteiger partial charge < -0.3 is 9.88 Å². The van der Waals surface area contributed by atoms with Crippen molar-refractivity contribution in [1.82, 2.24) is 19.1 Å². The lowest BCUT2D eigenvalue weighted by molar-refractivity contribution is 0.733. The number of H-pyrrole nitrogens is 1. The van der Waals surface area contributed by atoms with E-state index >= 15 is 0 Å². The predicted octanol–water partition coefficient (Wildman–Crippen LogP) is 3.24. The molecule has 2 aromatic carbocycles. The van der Waals surface area contributed by atoms with Crippen molar-refractivity contribution in [2.45, 2.75) is 18.9 Å². The Morgan fingerprint density at radius 3 is 2.26 bits per heavy atom. The van der Waals surface area contributed by atoms with Crippen LogP contribution < -0.4 is 16.6 Å². The lowest BCUT2D eigenvalue weighted by Crippen LogP contribution is -2.29. The first-order valence-corrected chi connectivity index (χ1v) is 10.2. The molecule has 0 bridgehead atoms. The van der Waals surface area contributed by atoms with E-state index in [1.165, 1.54) is 15.7 Å². The smallest absolute Gasteiger partial charge is 0.329 e. The monoisotopic (exact) mass is 415 g/mol. The van der Waals surface area contributed by atoms with Gasteiger partial charge in [-0.05, 0) is 17.5 Å². The van der Waals surface area contributed by atoms with Gasteiger partial charge in [-0.1, -0.05) is 66.7 Å². The highest BCUT2D eigenvalue weighted by atomic mass is 16.2. The molecule has 0 aliphatic heterocycles. The fourth-order valence-electron chi connectivity index (χ4n) is 3.90. The zero-order chi connectivity index (χ0) is 21.8. The van der Waals surface area contributed by atoms with Gasteiger partial charge in [0.15, 0.2) is 11.2 Å². The average Bonchev–Trinajstić information content (AvgIpc) is 3.15. The number of nitrogens with zero attached hydrogens (tertiary/aromatic N) is 3. The summed E-state index contributed by atoms with van der Waals surface area (Å²) in [5.74, 6) is 0.765. The third-order valence-corrected chi connectivity index (χ3v) is 5.44. The van der Waals surface area contributed by atoms with Crippen molar-refractivity contribution in [2.75, 3.05) is 11.9 Å². The molecule has 31 heavy (non-hydrogen) atoms. The molecule has 4 rings (SSSR count). The van der Waals surface area contributed by atoms with E-state index in [9.17, 15) is 9.59 Å². The molecule has 7 nitrogen and oxygen atoms in total. The Kier molecular flexibility index (Phi) is 5.84. The van der Waals surface area contributed by atoms with Crippen molar-refractivity contribution in [1.29, 1.82) is 0 Å². The van der Waals surface area contributed by atoms with E-state index in [2.05, 4.69) is 70.4 Å². The van der Waals surface area contributed by atoms with Crippen LogP contribution in [0.1, 0.15) is 23.5 Å².